The molecule has 2 aliphatic rings. The molecule has 3 nitrogen and oxygen atoms in total. The van der Waals surface area contributed by atoms with Gasteiger partial charge in [0.1, 0.15) is 0 Å². The van der Waals surface area contributed by atoms with Crippen molar-refractivity contribution in [3.05, 3.63) is 65.2 Å². The normalized spacial score (nSPS) is 23.1. The van der Waals surface area contributed by atoms with Crippen LogP contribution >= 0.6 is 0 Å². The fraction of sp³-hybridized carbons (Fsp3) is 0.316. The van der Waals surface area contributed by atoms with E-state index in [9.17, 15) is 18.0 Å². The van der Waals surface area contributed by atoms with Crippen LogP contribution in [0.2, 0.25) is 0 Å². The van der Waals surface area contributed by atoms with Gasteiger partial charge in [0, 0.05) is 25.6 Å². The van der Waals surface area contributed by atoms with E-state index in [0.29, 0.717) is 25.2 Å². The number of halogens is 3. The summed E-state index contributed by atoms with van der Waals surface area (Å²) in [5.41, 5.74) is 0.891. The van der Waals surface area contributed by atoms with Crippen molar-refractivity contribution in [2.45, 2.75) is 18.6 Å². The van der Waals surface area contributed by atoms with E-state index in [0.717, 1.165) is 11.6 Å². The SMILES string of the molecule is O=C1Nc2c(cccc2C(F)(F)F)[C@H]2CN(Cc3ccccc3)CC12. The first-order valence-corrected chi connectivity index (χ1v) is 8.21. The molecule has 2 atom stereocenters. The summed E-state index contributed by atoms with van der Waals surface area (Å²) in [6.07, 6.45) is -4.48. The van der Waals surface area contributed by atoms with Gasteiger partial charge in [-0.25, -0.2) is 0 Å². The van der Waals surface area contributed by atoms with Crippen LogP contribution in [0.4, 0.5) is 18.9 Å². The Morgan fingerprint density at radius 1 is 1.00 bits per heavy atom. The van der Waals surface area contributed by atoms with Gasteiger partial charge in [0.05, 0.1) is 17.2 Å². The van der Waals surface area contributed by atoms with Crippen molar-refractivity contribution in [1.29, 1.82) is 0 Å². The van der Waals surface area contributed by atoms with Gasteiger partial charge >= 0.3 is 6.18 Å². The van der Waals surface area contributed by atoms with Crippen LogP contribution in [0, 0.1) is 5.92 Å². The van der Waals surface area contributed by atoms with Crippen molar-refractivity contribution in [3.8, 4) is 0 Å². The number of rotatable bonds is 2. The predicted octanol–water partition coefficient (Wildman–Crippen LogP) is 3.87. The molecule has 2 aromatic rings. The number of alkyl halides is 3. The summed E-state index contributed by atoms with van der Waals surface area (Å²) >= 11 is 0. The van der Waals surface area contributed by atoms with Crippen LogP contribution in [0.5, 0.6) is 0 Å². The lowest BCUT2D eigenvalue weighted by molar-refractivity contribution is -0.137. The Hall–Kier alpha value is -2.34. The Morgan fingerprint density at radius 2 is 1.72 bits per heavy atom. The molecular formula is C19H17F3N2O. The number of likely N-dealkylation sites (tertiary alicyclic amines) is 1. The molecule has 1 saturated heterocycles. The van der Waals surface area contributed by atoms with Gasteiger partial charge in [0.25, 0.3) is 0 Å². The second kappa shape index (κ2) is 5.88. The maximum absolute atomic E-state index is 13.2. The monoisotopic (exact) mass is 346 g/mol. The molecule has 1 amide bonds. The molecule has 1 N–H and O–H groups in total. The van der Waals surface area contributed by atoms with Crippen molar-refractivity contribution < 1.29 is 18.0 Å². The van der Waals surface area contributed by atoms with Gasteiger partial charge in [-0.1, -0.05) is 42.5 Å². The molecule has 2 heterocycles. The maximum atomic E-state index is 13.2. The molecule has 0 radical (unpaired) electrons. The van der Waals surface area contributed by atoms with E-state index in [-0.39, 0.29) is 23.4 Å². The second-order valence-electron chi connectivity index (χ2n) is 6.65. The Kier molecular flexibility index (Phi) is 3.80. The highest BCUT2D eigenvalue weighted by molar-refractivity contribution is 5.98. The number of para-hydroxylation sites is 1. The maximum Gasteiger partial charge on any atom is 0.418 e. The van der Waals surface area contributed by atoms with Crippen molar-refractivity contribution in [2.24, 2.45) is 5.92 Å². The molecule has 0 spiro atoms. The minimum Gasteiger partial charge on any atom is -0.325 e. The number of hydrogen-bond acceptors (Lipinski definition) is 2. The van der Waals surface area contributed by atoms with Gasteiger partial charge in [0.2, 0.25) is 5.91 Å². The van der Waals surface area contributed by atoms with Gasteiger partial charge in [-0.2, -0.15) is 13.2 Å². The summed E-state index contributed by atoms with van der Waals surface area (Å²) in [6, 6.07) is 14.0. The van der Waals surface area contributed by atoms with Crippen LogP contribution in [-0.4, -0.2) is 23.9 Å². The molecule has 25 heavy (non-hydrogen) atoms. The molecule has 0 saturated carbocycles. The molecule has 0 bridgehead atoms. The fourth-order valence-electron chi connectivity index (χ4n) is 3.91. The number of fused-ring (bicyclic) bond motifs is 3. The highest BCUT2D eigenvalue weighted by Gasteiger charge is 2.45. The van der Waals surface area contributed by atoms with E-state index in [1.165, 1.54) is 6.07 Å². The molecule has 130 valence electrons. The van der Waals surface area contributed by atoms with Crippen LogP contribution in [0.25, 0.3) is 0 Å². The summed E-state index contributed by atoms with van der Waals surface area (Å²) in [4.78, 5) is 14.5. The van der Waals surface area contributed by atoms with Gasteiger partial charge in [-0.3, -0.25) is 9.69 Å². The lowest BCUT2D eigenvalue weighted by atomic mass is 9.83. The first kappa shape index (κ1) is 16.1. The predicted molar refractivity (Wildman–Crippen MR) is 88.0 cm³/mol. The van der Waals surface area contributed by atoms with Crippen LogP contribution < -0.4 is 5.32 Å². The van der Waals surface area contributed by atoms with E-state index in [1.807, 2.05) is 30.3 Å². The van der Waals surface area contributed by atoms with Gasteiger partial charge in [0.15, 0.2) is 0 Å². The van der Waals surface area contributed by atoms with Crippen LogP contribution in [0.15, 0.2) is 48.5 Å². The van der Waals surface area contributed by atoms with Crippen molar-refractivity contribution in [1.82, 2.24) is 4.90 Å². The average Bonchev–Trinajstić information content (AvgIpc) is 2.99. The average molecular weight is 346 g/mol. The number of anilines is 1. The molecule has 0 aliphatic carbocycles. The molecule has 6 heteroatoms. The number of nitrogens with zero attached hydrogens (tertiary/aromatic N) is 1. The number of benzene rings is 2. The topological polar surface area (TPSA) is 32.3 Å². The highest BCUT2D eigenvalue weighted by atomic mass is 19.4. The number of nitrogens with one attached hydrogen (secondary N) is 1. The number of hydrogen-bond donors (Lipinski definition) is 1. The third kappa shape index (κ3) is 2.91. The highest BCUT2D eigenvalue weighted by Crippen LogP contribution is 2.46. The van der Waals surface area contributed by atoms with E-state index < -0.39 is 11.7 Å². The zero-order valence-electron chi connectivity index (χ0n) is 13.4. The minimum absolute atomic E-state index is 0.0668. The lowest BCUT2D eigenvalue weighted by Crippen LogP contribution is -2.34. The summed E-state index contributed by atoms with van der Waals surface area (Å²) in [7, 11) is 0. The Balaban J connectivity index is 1.64. The van der Waals surface area contributed by atoms with Crippen molar-refractivity contribution in [3.63, 3.8) is 0 Å². The standard InChI is InChI=1S/C19H17F3N2O/c20-19(21,22)16-8-4-7-13-14-10-24(9-12-5-2-1-3-6-12)11-15(14)18(25)23-17(13)16/h1-8,14-15H,9-11H2,(H,23,25)/t14-,15?/m1/s1. The molecule has 1 fully saturated rings. The van der Waals surface area contributed by atoms with Gasteiger partial charge in [-0.05, 0) is 17.2 Å². The second-order valence-corrected chi connectivity index (χ2v) is 6.65. The number of carbonyl (C=O) groups excluding carboxylic acids is 1. The fourth-order valence-corrected chi connectivity index (χ4v) is 3.91. The van der Waals surface area contributed by atoms with E-state index in [4.69, 9.17) is 0 Å². The third-order valence-corrected chi connectivity index (χ3v) is 5.03. The van der Waals surface area contributed by atoms with Crippen LogP contribution in [-0.2, 0) is 17.5 Å². The Labute approximate surface area is 143 Å². The first-order valence-electron chi connectivity index (χ1n) is 8.21. The van der Waals surface area contributed by atoms with Gasteiger partial charge < -0.3 is 5.32 Å². The zero-order chi connectivity index (χ0) is 17.6. The smallest absolute Gasteiger partial charge is 0.325 e. The third-order valence-electron chi connectivity index (χ3n) is 5.03. The molecular weight excluding hydrogens is 329 g/mol. The van der Waals surface area contributed by atoms with Gasteiger partial charge in [-0.15, -0.1) is 0 Å². The lowest BCUT2D eigenvalue weighted by Gasteiger charge is -2.29. The molecule has 4 rings (SSSR count). The van der Waals surface area contributed by atoms with E-state index in [2.05, 4.69) is 10.2 Å². The van der Waals surface area contributed by atoms with E-state index in [1.54, 1.807) is 6.07 Å². The summed E-state index contributed by atoms with van der Waals surface area (Å²) in [5.74, 6) is -0.820. The minimum atomic E-state index is -4.48. The van der Waals surface area contributed by atoms with Crippen LogP contribution in [0.3, 0.4) is 0 Å². The molecule has 2 aromatic carbocycles. The van der Waals surface area contributed by atoms with Crippen molar-refractivity contribution in [2.75, 3.05) is 18.4 Å². The van der Waals surface area contributed by atoms with Crippen LogP contribution in [0.1, 0.15) is 22.6 Å². The van der Waals surface area contributed by atoms with Crippen molar-refractivity contribution >= 4 is 11.6 Å². The van der Waals surface area contributed by atoms with E-state index >= 15 is 0 Å². The Morgan fingerprint density at radius 3 is 2.44 bits per heavy atom. The largest absolute Gasteiger partial charge is 0.418 e. The zero-order valence-corrected chi connectivity index (χ0v) is 13.4. The summed E-state index contributed by atoms with van der Waals surface area (Å²) in [5, 5.41) is 2.51. The molecule has 2 aliphatic heterocycles. The molecule has 0 aromatic heterocycles. The summed E-state index contributed by atoms with van der Waals surface area (Å²) in [6.45, 7) is 1.83. The molecule has 1 unspecified atom stereocenters. The number of carbonyl (C=O) groups is 1. The number of amides is 1. The summed E-state index contributed by atoms with van der Waals surface area (Å²) < 4.78 is 39.7. The quantitative estimate of drug-likeness (QED) is 0.895. The Bertz CT molecular complexity index is 804. The first-order chi connectivity index (χ1) is 11.9.